The Morgan fingerprint density at radius 2 is 1.74 bits per heavy atom. The number of unbranched alkanes of at least 4 members (excludes halogenated alkanes) is 1. The van der Waals surface area contributed by atoms with Crippen LogP contribution in [0.25, 0.3) is 0 Å². The van der Waals surface area contributed by atoms with Crippen molar-refractivity contribution >= 4 is 23.2 Å². The van der Waals surface area contributed by atoms with Gasteiger partial charge in [-0.2, -0.15) is 0 Å². The smallest absolute Gasteiger partial charge is 0.242 e. The zero-order valence-corrected chi connectivity index (χ0v) is 21.3. The molecule has 2 atom stereocenters. The Balaban J connectivity index is 1.48. The van der Waals surface area contributed by atoms with E-state index in [2.05, 4.69) is 25.1 Å². The number of amides is 2. The summed E-state index contributed by atoms with van der Waals surface area (Å²) in [6.45, 7) is 5.65. The lowest BCUT2D eigenvalue weighted by Gasteiger charge is -2.28. The largest absolute Gasteiger partial charge is 0.333 e. The summed E-state index contributed by atoms with van der Waals surface area (Å²) in [5.74, 6) is -0.105. The van der Waals surface area contributed by atoms with Crippen LogP contribution in [-0.4, -0.2) is 34.7 Å². The highest BCUT2D eigenvalue weighted by atomic mass is 32.1. The topological polar surface area (TPSA) is 40.6 Å². The molecule has 0 bridgehead atoms. The van der Waals surface area contributed by atoms with Crippen LogP contribution in [0.3, 0.4) is 0 Å². The molecule has 1 aliphatic rings. The molecule has 0 aliphatic heterocycles. The zero-order valence-electron chi connectivity index (χ0n) is 20.5. The maximum atomic E-state index is 13.6. The van der Waals surface area contributed by atoms with Crippen molar-refractivity contribution in [3.63, 3.8) is 0 Å². The molecule has 0 N–H and O–H groups in total. The van der Waals surface area contributed by atoms with E-state index in [1.807, 2.05) is 30.5 Å². The monoisotopic (exact) mass is 492 g/mol. The summed E-state index contributed by atoms with van der Waals surface area (Å²) in [5.41, 5.74) is 3.21. The summed E-state index contributed by atoms with van der Waals surface area (Å²) in [6, 6.07) is 18.5. The molecule has 184 valence electrons. The molecule has 1 aromatic heterocycles. The molecular formula is C29H33FN2O2S. The first-order chi connectivity index (χ1) is 17.0. The van der Waals surface area contributed by atoms with Gasteiger partial charge in [0.25, 0.3) is 0 Å². The zero-order chi connectivity index (χ0) is 24.8. The molecule has 1 fully saturated rings. The second kappa shape index (κ2) is 11.6. The van der Waals surface area contributed by atoms with Crippen molar-refractivity contribution in [2.75, 3.05) is 13.1 Å². The van der Waals surface area contributed by atoms with Gasteiger partial charge >= 0.3 is 0 Å². The van der Waals surface area contributed by atoms with E-state index in [0.29, 0.717) is 19.6 Å². The Morgan fingerprint density at radius 1 is 1.00 bits per heavy atom. The van der Waals surface area contributed by atoms with Gasteiger partial charge < -0.3 is 9.80 Å². The molecule has 2 unspecified atom stereocenters. The van der Waals surface area contributed by atoms with E-state index < -0.39 is 0 Å². The van der Waals surface area contributed by atoms with Gasteiger partial charge in [0.15, 0.2) is 0 Å². The lowest BCUT2D eigenvalue weighted by molar-refractivity contribution is -0.142. The van der Waals surface area contributed by atoms with Gasteiger partial charge in [0.2, 0.25) is 11.8 Å². The number of carbonyl (C=O) groups is 2. The number of aryl methyl sites for hydroxylation is 1. The Labute approximate surface area is 211 Å². The fraction of sp³-hybridized carbons (Fsp3) is 0.379. The van der Waals surface area contributed by atoms with Gasteiger partial charge in [-0.25, -0.2) is 4.39 Å². The molecular weight excluding hydrogens is 459 g/mol. The maximum absolute atomic E-state index is 13.6. The maximum Gasteiger partial charge on any atom is 0.242 e. The van der Waals surface area contributed by atoms with E-state index in [1.54, 1.807) is 33.3 Å². The molecule has 4 nitrogen and oxygen atoms in total. The molecule has 2 amide bonds. The molecule has 3 aromatic rings. The summed E-state index contributed by atoms with van der Waals surface area (Å²) < 4.78 is 13.4. The third-order valence-electron chi connectivity index (χ3n) is 6.70. The predicted octanol–water partition coefficient (Wildman–Crippen LogP) is 6.16. The number of carbonyl (C=O) groups excluding carboxylic acids is 2. The van der Waals surface area contributed by atoms with Gasteiger partial charge in [-0.1, -0.05) is 55.8 Å². The second-order valence-corrected chi connectivity index (χ2v) is 10.4. The molecule has 1 saturated carbocycles. The average molecular weight is 493 g/mol. The number of rotatable bonds is 11. The van der Waals surface area contributed by atoms with Crippen molar-refractivity contribution in [1.82, 2.24) is 9.80 Å². The Morgan fingerprint density at radius 3 is 2.40 bits per heavy atom. The highest BCUT2D eigenvalue weighted by Crippen LogP contribution is 2.48. The summed E-state index contributed by atoms with van der Waals surface area (Å²) in [5, 5.41) is 2.03. The first-order valence-electron chi connectivity index (χ1n) is 12.3. The van der Waals surface area contributed by atoms with E-state index in [-0.39, 0.29) is 36.0 Å². The lowest BCUT2D eigenvalue weighted by Crippen LogP contribution is -2.43. The summed E-state index contributed by atoms with van der Waals surface area (Å²) in [6.07, 6.45) is 2.66. The van der Waals surface area contributed by atoms with Crippen molar-refractivity contribution < 1.29 is 14.0 Å². The number of benzene rings is 2. The number of hydrogen-bond acceptors (Lipinski definition) is 3. The number of thiophene rings is 1. The van der Waals surface area contributed by atoms with Crippen LogP contribution in [0.4, 0.5) is 4.39 Å². The minimum Gasteiger partial charge on any atom is -0.333 e. The van der Waals surface area contributed by atoms with Gasteiger partial charge in [-0.05, 0) is 66.0 Å². The highest BCUT2D eigenvalue weighted by molar-refractivity contribution is 7.10. The Kier molecular flexibility index (Phi) is 8.34. The van der Waals surface area contributed by atoms with Gasteiger partial charge in [-0.15, -0.1) is 11.3 Å². The van der Waals surface area contributed by atoms with Crippen molar-refractivity contribution in [2.24, 2.45) is 5.92 Å². The van der Waals surface area contributed by atoms with Crippen LogP contribution in [0.15, 0.2) is 66.0 Å². The van der Waals surface area contributed by atoms with Crippen LogP contribution < -0.4 is 0 Å². The van der Waals surface area contributed by atoms with Crippen LogP contribution in [-0.2, 0) is 22.7 Å². The Bertz CT molecular complexity index is 1130. The van der Waals surface area contributed by atoms with E-state index in [1.165, 1.54) is 17.7 Å². The molecule has 1 aliphatic carbocycles. The van der Waals surface area contributed by atoms with E-state index in [4.69, 9.17) is 0 Å². The molecule has 0 saturated heterocycles. The number of nitrogens with zero attached hydrogens (tertiary/aromatic N) is 2. The van der Waals surface area contributed by atoms with Crippen molar-refractivity contribution in [1.29, 1.82) is 0 Å². The van der Waals surface area contributed by atoms with Gasteiger partial charge in [0, 0.05) is 23.9 Å². The second-order valence-electron chi connectivity index (χ2n) is 9.38. The van der Waals surface area contributed by atoms with Crippen LogP contribution in [0.1, 0.15) is 53.7 Å². The van der Waals surface area contributed by atoms with Crippen LogP contribution in [0, 0.1) is 18.7 Å². The van der Waals surface area contributed by atoms with Crippen LogP contribution in [0.5, 0.6) is 0 Å². The lowest BCUT2D eigenvalue weighted by atomic mass is 10.1. The van der Waals surface area contributed by atoms with E-state index in [9.17, 15) is 14.0 Å². The van der Waals surface area contributed by atoms with Crippen molar-refractivity contribution in [3.8, 4) is 0 Å². The third-order valence-corrected chi connectivity index (χ3v) is 7.70. The minimum absolute atomic E-state index is 0.0489. The van der Waals surface area contributed by atoms with Crippen molar-refractivity contribution in [3.05, 3.63) is 93.4 Å². The summed E-state index contributed by atoms with van der Waals surface area (Å²) in [4.78, 5) is 31.7. The SMILES string of the molecule is CCCCN(CC(=O)N(Cc1ccc(F)cc1)Cc1sccc1C)C(=O)C1CC1c1ccccc1. The van der Waals surface area contributed by atoms with E-state index >= 15 is 0 Å². The molecule has 1 heterocycles. The van der Waals surface area contributed by atoms with Crippen LogP contribution in [0.2, 0.25) is 0 Å². The van der Waals surface area contributed by atoms with Gasteiger partial charge in [0.1, 0.15) is 5.82 Å². The third kappa shape index (κ3) is 6.57. The minimum atomic E-state index is -0.297. The molecule has 0 spiro atoms. The standard InChI is InChI=1S/C29H33FN2O2S/c1-3-4-15-31(29(34)26-17-25(26)23-8-6-5-7-9-23)20-28(33)32(19-27-21(2)14-16-35-27)18-22-10-12-24(30)13-11-22/h5-14,16,25-26H,3-4,15,17-20H2,1-2H3. The summed E-state index contributed by atoms with van der Waals surface area (Å²) in [7, 11) is 0. The number of halogens is 1. The van der Waals surface area contributed by atoms with Gasteiger partial charge in [-0.3, -0.25) is 9.59 Å². The highest BCUT2D eigenvalue weighted by Gasteiger charge is 2.45. The average Bonchev–Trinajstić information content (AvgIpc) is 3.58. The molecule has 2 aromatic carbocycles. The quantitative estimate of drug-likeness (QED) is 0.322. The fourth-order valence-electron chi connectivity index (χ4n) is 4.43. The molecule has 4 rings (SSSR count). The van der Waals surface area contributed by atoms with Crippen molar-refractivity contribution in [2.45, 2.75) is 52.1 Å². The molecule has 35 heavy (non-hydrogen) atoms. The first-order valence-corrected chi connectivity index (χ1v) is 13.2. The van der Waals surface area contributed by atoms with Gasteiger partial charge in [0.05, 0.1) is 13.1 Å². The molecule has 0 radical (unpaired) electrons. The summed E-state index contributed by atoms with van der Waals surface area (Å²) >= 11 is 1.63. The van der Waals surface area contributed by atoms with Crippen LogP contribution >= 0.6 is 11.3 Å². The first kappa shape index (κ1) is 25.1. The Hall–Kier alpha value is -2.99. The van der Waals surface area contributed by atoms with E-state index in [0.717, 1.165) is 35.3 Å². The normalized spacial score (nSPS) is 16.7. The number of hydrogen-bond donors (Lipinski definition) is 0. The fourth-order valence-corrected chi connectivity index (χ4v) is 5.35. The molecule has 6 heteroatoms. The predicted molar refractivity (Wildman–Crippen MR) is 138 cm³/mol.